The fraction of sp³-hybridized carbons (Fsp3) is 0.467. The zero-order valence-corrected chi connectivity index (χ0v) is 12.6. The molecule has 0 N–H and O–H groups in total. The van der Waals surface area contributed by atoms with Gasteiger partial charge in [-0.3, -0.25) is 4.98 Å². The van der Waals surface area contributed by atoms with Gasteiger partial charge in [0.25, 0.3) is 0 Å². The highest BCUT2D eigenvalue weighted by molar-refractivity contribution is 7.09. The molecule has 3 rings (SSSR count). The first-order valence-electron chi connectivity index (χ1n) is 6.85. The van der Waals surface area contributed by atoms with E-state index in [1.165, 1.54) is 0 Å². The molecule has 4 nitrogen and oxygen atoms in total. The van der Waals surface area contributed by atoms with Gasteiger partial charge in [0.2, 0.25) is 0 Å². The molecule has 2 aromatic rings. The third-order valence-electron chi connectivity index (χ3n) is 3.22. The minimum absolute atomic E-state index is 0.194. The van der Waals surface area contributed by atoms with Crippen LogP contribution in [0.5, 0.6) is 5.75 Å². The summed E-state index contributed by atoms with van der Waals surface area (Å²) in [5.41, 5.74) is 2.91. The van der Waals surface area contributed by atoms with E-state index in [4.69, 9.17) is 9.47 Å². The van der Waals surface area contributed by atoms with E-state index in [1.54, 1.807) is 11.3 Å². The Morgan fingerprint density at radius 3 is 2.80 bits per heavy atom. The normalized spacial score (nSPS) is 18.4. The Labute approximate surface area is 122 Å². The molecule has 1 atom stereocenters. The van der Waals surface area contributed by atoms with Crippen LogP contribution in [0.3, 0.4) is 0 Å². The molecule has 3 heterocycles. The minimum Gasteiger partial charge on any atom is -0.487 e. The quantitative estimate of drug-likeness (QED) is 0.863. The predicted molar refractivity (Wildman–Crippen MR) is 78.1 cm³/mol. The van der Waals surface area contributed by atoms with E-state index in [2.05, 4.69) is 15.3 Å². The van der Waals surface area contributed by atoms with Gasteiger partial charge in [0, 0.05) is 35.5 Å². The molecule has 1 aliphatic rings. The number of thiazole rings is 1. The zero-order valence-electron chi connectivity index (χ0n) is 11.8. The Morgan fingerprint density at radius 1 is 1.30 bits per heavy atom. The molecule has 0 radical (unpaired) electrons. The highest BCUT2D eigenvalue weighted by atomic mass is 32.1. The first kappa shape index (κ1) is 13.5. The molecule has 0 aliphatic carbocycles. The molecule has 1 saturated heterocycles. The lowest BCUT2D eigenvalue weighted by atomic mass is 10.2. The maximum absolute atomic E-state index is 5.79. The van der Waals surface area contributed by atoms with E-state index in [0.29, 0.717) is 6.61 Å². The third kappa shape index (κ3) is 3.16. The summed E-state index contributed by atoms with van der Waals surface area (Å²) in [6.45, 7) is 5.29. The summed E-state index contributed by atoms with van der Waals surface area (Å²) in [5.74, 6) is 0.849. The first-order chi connectivity index (χ1) is 9.70. The van der Waals surface area contributed by atoms with Crippen molar-refractivity contribution < 1.29 is 9.47 Å². The molecule has 1 unspecified atom stereocenters. The fourth-order valence-corrected chi connectivity index (χ4v) is 3.23. The second kappa shape index (κ2) is 5.89. The predicted octanol–water partition coefficient (Wildman–Crippen LogP) is 3.59. The van der Waals surface area contributed by atoms with E-state index in [0.717, 1.165) is 47.3 Å². The Balaban J connectivity index is 1.63. The number of pyridine rings is 1. The SMILES string of the molecule is Cc1cc(OCc2csc(C3CCCO3)n2)cc(C)n1. The molecule has 5 heteroatoms. The molecule has 1 aliphatic heterocycles. The van der Waals surface area contributed by atoms with Gasteiger partial charge in [-0.1, -0.05) is 0 Å². The van der Waals surface area contributed by atoms with Crippen LogP contribution in [0.25, 0.3) is 0 Å². The van der Waals surface area contributed by atoms with Crippen molar-refractivity contribution in [3.63, 3.8) is 0 Å². The topological polar surface area (TPSA) is 44.2 Å². The highest BCUT2D eigenvalue weighted by Crippen LogP contribution is 2.30. The van der Waals surface area contributed by atoms with Crippen molar-refractivity contribution in [2.45, 2.75) is 39.4 Å². The number of nitrogens with zero attached hydrogens (tertiary/aromatic N) is 2. The van der Waals surface area contributed by atoms with Crippen LogP contribution >= 0.6 is 11.3 Å². The monoisotopic (exact) mass is 290 g/mol. The van der Waals surface area contributed by atoms with Gasteiger partial charge in [-0.15, -0.1) is 11.3 Å². The number of ether oxygens (including phenoxy) is 2. The van der Waals surface area contributed by atoms with E-state index in [-0.39, 0.29) is 6.10 Å². The van der Waals surface area contributed by atoms with Gasteiger partial charge in [0.1, 0.15) is 23.5 Å². The van der Waals surface area contributed by atoms with Gasteiger partial charge in [-0.2, -0.15) is 0 Å². The summed E-state index contributed by atoms with van der Waals surface area (Å²) in [4.78, 5) is 8.94. The lowest BCUT2D eigenvalue weighted by Crippen LogP contribution is -1.99. The van der Waals surface area contributed by atoms with E-state index in [1.807, 2.05) is 26.0 Å². The van der Waals surface area contributed by atoms with Gasteiger partial charge in [-0.25, -0.2) is 4.98 Å². The van der Waals surface area contributed by atoms with Crippen molar-refractivity contribution in [1.82, 2.24) is 9.97 Å². The largest absolute Gasteiger partial charge is 0.487 e. The summed E-state index contributed by atoms with van der Waals surface area (Å²) in [7, 11) is 0. The van der Waals surface area contributed by atoms with Gasteiger partial charge < -0.3 is 9.47 Å². The van der Waals surface area contributed by atoms with Gasteiger partial charge >= 0.3 is 0 Å². The van der Waals surface area contributed by atoms with Crippen molar-refractivity contribution in [2.75, 3.05) is 6.61 Å². The van der Waals surface area contributed by atoms with Crippen LogP contribution in [-0.2, 0) is 11.3 Å². The average molecular weight is 290 g/mol. The second-order valence-electron chi connectivity index (χ2n) is 5.05. The lowest BCUT2D eigenvalue weighted by Gasteiger charge is -2.06. The van der Waals surface area contributed by atoms with Crippen molar-refractivity contribution in [3.05, 3.63) is 39.6 Å². The smallest absolute Gasteiger partial charge is 0.131 e. The number of aromatic nitrogens is 2. The zero-order chi connectivity index (χ0) is 13.9. The van der Waals surface area contributed by atoms with Crippen LogP contribution in [0.15, 0.2) is 17.5 Å². The number of rotatable bonds is 4. The molecule has 1 fully saturated rings. The molecule has 20 heavy (non-hydrogen) atoms. The second-order valence-corrected chi connectivity index (χ2v) is 5.94. The average Bonchev–Trinajstić information content (AvgIpc) is 3.06. The fourth-order valence-electron chi connectivity index (χ4n) is 2.35. The van der Waals surface area contributed by atoms with Crippen LogP contribution in [0.4, 0.5) is 0 Å². The molecular formula is C15H18N2O2S. The van der Waals surface area contributed by atoms with Crippen molar-refractivity contribution in [1.29, 1.82) is 0 Å². The number of hydrogen-bond donors (Lipinski definition) is 0. The first-order valence-corrected chi connectivity index (χ1v) is 7.72. The molecule has 0 bridgehead atoms. The summed E-state index contributed by atoms with van der Waals surface area (Å²) in [6, 6.07) is 3.89. The van der Waals surface area contributed by atoms with Crippen LogP contribution in [-0.4, -0.2) is 16.6 Å². The molecule has 0 saturated carbocycles. The van der Waals surface area contributed by atoms with Crippen molar-refractivity contribution in [2.24, 2.45) is 0 Å². The summed E-state index contributed by atoms with van der Waals surface area (Å²) >= 11 is 1.66. The summed E-state index contributed by atoms with van der Waals surface area (Å²) < 4.78 is 11.4. The van der Waals surface area contributed by atoms with Crippen LogP contribution in [0.2, 0.25) is 0 Å². The minimum atomic E-state index is 0.194. The standard InChI is InChI=1S/C15H18N2O2S/c1-10-6-13(7-11(2)16-10)19-8-12-9-20-15(17-12)14-4-3-5-18-14/h6-7,9,14H,3-5,8H2,1-2H3. The van der Waals surface area contributed by atoms with Gasteiger partial charge in [0.15, 0.2) is 0 Å². The highest BCUT2D eigenvalue weighted by Gasteiger charge is 2.20. The Bertz CT molecular complexity index is 571. The maximum Gasteiger partial charge on any atom is 0.131 e. The molecule has 2 aromatic heterocycles. The van der Waals surface area contributed by atoms with Gasteiger partial charge in [-0.05, 0) is 26.7 Å². The molecular weight excluding hydrogens is 272 g/mol. The van der Waals surface area contributed by atoms with E-state index < -0.39 is 0 Å². The van der Waals surface area contributed by atoms with E-state index in [9.17, 15) is 0 Å². The van der Waals surface area contributed by atoms with Crippen molar-refractivity contribution in [3.8, 4) is 5.75 Å². The Kier molecular flexibility index (Phi) is 3.98. The molecule has 106 valence electrons. The van der Waals surface area contributed by atoms with Crippen LogP contribution < -0.4 is 4.74 Å². The molecule has 0 spiro atoms. The Morgan fingerprint density at radius 2 is 2.10 bits per heavy atom. The third-order valence-corrected chi connectivity index (χ3v) is 4.20. The number of aryl methyl sites for hydroxylation is 2. The maximum atomic E-state index is 5.79. The summed E-state index contributed by atoms with van der Waals surface area (Å²) in [6.07, 6.45) is 2.40. The van der Waals surface area contributed by atoms with Crippen LogP contribution in [0, 0.1) is 13.8 Å². The van der Waals surface area contributed by atoms with Crippen LogP contribution in [0.1, 0.15) is 41.0 Å². The van der Waals surface area contributed by atoms with Crippen molar-refractivity contribution >= 4 is 11.3 Å². The number of hydrogen-bond acceptors (Lipinski definition) is 5. The van der Waals surface area contributed by atoms with E-state index >= 15 is 0 Å². The lowest BCUT2D eigenvalue weighted by molar-refractivity contribution is 0.111. The Hall–Kier alpha value is -1.46. The molecule has 0 amide bonds. The molecule has 0 aromatic carbocycles. The summed E-state index contributed by atoms with van der Waals surface area (Å²) in [5, 5.41) is 3.13. The van der Waals surface area contributed by atoms with Gasteiger partial charge in [0.05, 0.1) is 5.69 Å².